The molecule has 5 N–H and O–H groups in total. The second kappa shape index (κ2) is 12.2. The number of hydrogen-bond donors (Lipinski definition) is 3. The summed E-state index contributed by atoms with van der Waals surface area (Å²) in [5.41, 5.74) is 12.7. The van der Waals surface area contributed by atoms with Crippen LogP contribution in [0, 0.1) is 5.92 Å². The summed E-state index contributed by atoms with van der Waals surface area (Å²) >= 11 is 2.95. The van der Waals surface area contributed by atoms with E-state index in [0.29, 0.717) is 36.6 Å². The molecule has 4 atom stereocenters. The number of Topliss-reactive ketones (excluding diaryl/α,β-unsaturated/α-hetero) is 1. The first-order chi connectivity index (χ1) is 18.9. The number of nitrogens with one attached hydrogen (secondary N) is 1. The third-order valence-corrected chi connectivity index (χ3v) is 9.58. The fourth-order valence-electron chi connectivity index (χ4n) is 5.22. The molecule has 2 fully saturated rings. The summed E-state index contributed by atoms with van der Waals surface area (Å²) in [4.78, 5) is 51.0. The van der Waals surface area contributed by atoms with Crippen LogP contribution in [0.4, 0.5) is 0 Å². The summed E-state index contributed by atoms with van der Waals surface area (Å²) in [6.45, 7) is 0.342. The molecule has 0 bridgehead atoms. The van der Waals surface area contributed by atoms with Crippen molar-refractivity contribution in [2.45, 2.75) is 49.6 Å². The van der Waals surface area contributed by atoms with Gasteiger partial charge in [0.05, 0.1) is 21.6 Å². The summed E-state index contributed by atoms with van der Waals surface area (Å²) < 4.78 is 0.907. The van der Waals surface area contributed by atoms with Gasteiger partial charge in [0.25, 0.3) is 0 Å². The molecule has 2 aliphatic heterocycles. The highest BCUT2D eigenvalue weighted by molar-refractivity contribution is 8.00. The molecule has 2 aromatic carbocycles. The van der Waals surface area contributed by atoms with Crippen molar-refractivity contribution in [1.82, 2.24) is 15.2 Å². The fraction of sp³-hybridized carbons (Fsp3) is 0.393. The Morgan fingerprint density at radius 1 is 1.10 bits per heavy atom. The number of guanidine groups is 1. The van der Waals surface area contributed by atoms with Crippen LogP contribution in [-0.2, 0) is 16.0 Å². The minimum absolute atomic E-state index is 0.0134. The Balaban J connectivity index is 1.31. The first-order valence-electron chi connectivity index (χ1n) is 13.1. The molecule has 3 aromatic rings. The Bertz CT molecular complexity index is 1340. The molecule has 3 heterocycles. The van der Waals surface area contributed by atoms with Gasteiger partial charge in [0.2, 0.25) is 17.6 Å². The number of thiazole rings is 1. The Hall–Kier alpha value is -3.44. The molecule has 9 nitrogen and oxygen atoms in total. The van der Waals surface area contributed by atoms with Crippen molar-refractivity contribution in [3.05, 3.63) is 65.2 Å². The SMILES string of the molecule is NC(N)=NCCCC(NC(=O)[C@@H]1CS[C@H]2CC[C@@H](Cc3ccccc3)C(=O)N21)C(=O)c1nc2ccccc2s1. The van der Waals surface area contributed by atoms with Crippen LogP contribution in [0.2, 0.25) is 0 Å². The summed E-state index contributed by atoms with van der Waals surface area (Å²) in [6.07, 6.45) is 3.17. The van der Waals surface area contributed by atoms with E-state index in [1.165, 1.54) is 11.3 Å². The van der Waals surface area contributed by atoms with Gasteiger partial charge >= 0.3 is 0 Å². The number of ketones is 1. The Kier molecular flexibility index (Phi) is 8.47. The van der Waals surface area contributed by atoms with E-state index in [-0.39, 0.29) is 34.8 Å². The Labute approximate surface area is 235 Å². The molecule has 2 amide bonds. The van der Waals surface area contributed by atoms with E-state index in [0.717, 1.165) is 28.6 Å². The van der Waals surface area contributed by atoms with Crippen molar-refractivity contribution in [1.29, 1.82) is 0 Å². The number of nitrogens with two attached hydrogens (primary N) is 2. The van der Waals surface area contributed by atoms with Crippen LogP contribution in [0.25, 0.3) is 10.2 Å². The van der Waals surface area contributed by atoms with Gasteiger partial charge in [-0.25, -0.2) is 4.98 Å². The number of nitrogens with zero attached hydrogens (tertiary/aromatic N) is 3. The number of amides is 2. The Morgan fingerprint density at radius 2 is 1.87 bits per heavy atom. The van der Waals surface area contributed by atoms with Crippen molar-refractivity contribution >= 4 is 56.9 Å². The summed E-state index contributed by atoms with van der Waals surface area (Å²) in [7, 11) is 0. The zero-order chi connectivity index (χ0) is 27.4. The van der Waals surface area contributed by atoms with Crippen LogP contribution in [0.1, 0.15) is 41.0 Å². The molecule has 0 radical (unpaired) electrons. The molecule has 204 valence electrons. The predicted molar refractivity (Wildman–Crippen MR) is 156 cm³/mol. The number of fused-ring (bicyclic) bond motifs is 2. The average molecular weight is 565 g/mol. The standard InChI is InChI=1S/C28H32N6O3S2/c29-28(30)31-14-6-10-20(24(35)26-33-19-9-4-5-11-22(19)39-26)32-25(36)21-16-38-23-13-12-18(27(37)34(21)23)15-17-7-2-1-3-8-17/h1-5,7-9,11,18,20-21,23H,6,10,12-16H2,(H,32,36)(H4,29,30,31)/t18-,20?,21-,23-/m0/s1. The molecule has 0 spiro atoms. The van der Waals surface area contributed by atoms with Gasteiger partial charge in [0.15, 0.2) is 11.0 Å². The highest BCUT2D eigenvalue weighted by Crippen LogP contribution is 2.39. The number of para-hydroxylation sites is 1. The van der Waals surface area contributed by atoms with Gasteiger partial charge in [-0.3, -0.25) is 19.4 Å². The quantitative estimate of drug-likeness (QED) is 0.149. The monoisotopic (exact) mass is 564 g/mol. The van der Waals surface area contributed by atoms with Gasteiger partial charge in [-0.2, -0.15) is 0 Å². The van der Waals surface area contributed by atoms with Gasteiger partial charge in [-0.05, 0) is 49.8 Å². The first-order valence-corrected chi connectivity index (χ1v) is 15.0. The topological polar surface area (TPSA) is 144 Å². The van der Waals surface area contributed by atoms with Gasteiger partial charge < -0.3 is 21.7 Å². The minimum atomic E-state index is -0.795. The summed E-state index contributed by atoms with van der Waals surface area (Å²) in [5.74, 6) is -0.199. The minimum Gasteiger partial charge on any atom is -0.370 e. The lowest BCUT2D eigenvalue weighted by Crippen LogP contribution is -2.56. The predicted octanol–water partition coefficient (Wildman–Crippen LogP) is 2.94. The van der Waals surface area contributed by atoms with Crippen LogP contribution in [-0.4, -0.2) is 63.2 Å². The lowest BCUT2D eigenvalue weighted by Gasteiger charge is -2.37. The van der Waals surface area contributed by atoms with E-state index in [1.807, 2.05) is 54.6 Å². The van der Waals surface area contributed by atoms with Crippen molar-refractivity contribution in [3.63, 3.8) is 0 Å². The number of aromatic nitrogens is 1. The zero-order valence-electron chi connectivity index (χ0n) is 21.5. The Morgan fingerprint density at radius 3 is 2.64 bits per heavy atom. The lowest BCUT2D eigenvalue weighted by atomic mass is 9.89. The number of thioether (sulfide) groups is 1. The van der Waals surface area contributed by atoms with E-state index in [2.05, 4.69) is 15.3 Å². The van der Waals surface area contributed by atoms with Gasteiger partial charge in [0.1, 0.15) is 6.04 Å². The molecule has 2 saturated heterocycles. The molecule has 0 saturated carbocycles. The molecular formula is C28H32N6O3S2. The molecule has 11 heteroatoms. The highest BCUT2D eigenvalue weighted by Gasteiger charge is 2.47. The second-order valence-electron chi connectivity index (χ2n) is 9.87. The van der Waals surface area contributed by atoms with Crippen LogP contribution in [0.5, 0.6) is 0 Å². The summed E-state index contributed by atoms with van der Waals surface area (Å²) in [5, 5.41) is 3.30. The third kappa shape index (κ3) is 6.25. The van der Waals surface area contributed by atoms with Crippen molar-refractivity contribution in [2.24, 2.45) is 22.4 Å². The summed E-state index contributed by atoms with van der Waals surface area (Å²) in [6, 6.07) is 16.1. The number of rotatable bonds is 10. The van der Waals surface area contributed by atoms with Gasteiger partial charge in [-0.15, -0.1) is 23.1 Å². The highest BCUT2D eigenvalue weighted by atomic mass is 32.2. The molecule has 39 heavy (non-hydrogen) atoms. The maximum atomic E-state index is 13.6. The maximum Gasteiger partial charge on any atom is 0.244 e. The molecule has 5 rings (SSSR count). The van der Waals surface area contributed by atoms with Crippen molar-refractivity contribution in [2.75, 3.05) is 12.3 Å². The van der Waals surface area contributed by atoms with E-state index >= 15 is 0 Å². The molecule has 1 aromatic heterocycles. The second-order valence-corrected chi connectivity index (χ2v) is 12.1. The van der Waals surface area contributed by atoms with E-state index in [1.54, 1.807) is 16.7 Å². The number of benzene rings is 2. The van der Waals surface area contributed by atoms with Crippen molar-refractivity contribution < 1.29 is 14.4 Å². The molecule has 1 unspecified atom stereocenters. The number of carbonyl (C=O) groups is 3. The van der Waals surface area contributed by atoms with E-state index < -0.39 is 12.1 Å². The smallest absolute Gasteiger partial charge is 0.244 e. The first kappa shape index (κ1) is 27.1. The average Bonchev–Trinajstić information content (AvgIpc) is 3.57. The van der Waals surface area contributed by atoms with E-state index in [9.17, 15) is 14.4 Å². The van der Waals surface area contributed by atoms with Gasteiger partial charge in [0, 0.05) is 18.2 Å². The molecular weight excluding hydrogens is 532 g/mol. The van der Waals surface area contributed by atoms with Crippen molar-refractivity contribution in [3.8, 4) is 0 Å². The number of carbonyl (C=O) groups excluding carboxylic acids is 3. The molecule has 2 aliphatic rings. The fourth-order valence-corrected chi connectivity index (χ4v) is 7.61. The lowest BCUT2D eigenvalue weighted by molar-refractivity contribution is -0.146. The maximum absolute atomic E-state index is 13.6. The third-order valence-electron chi connectivity index (χ3n) is 7.17. The molecule has 0 aliphatic carbocycles. The number of hydrogen-bond acceptors (Lipinski definition) is 7. The van der Waals surface area contributed by atoms with Crippen LogP contribution in [0.3, 0.4) is 0 Å². The van der Waals surface area contributed by atoms with Crippen LogP contribution in [0.15, 0.2) is 59.6 Å². The van der Waals surface area contributed by atoms with E-state index in [4.69, 9.17) is 11.5 Å². The largest absolute Gasteiger partial charge is 0.370 e. The van der Waals surface area contributed by atoms with Crippen LogP contribution >= 0.6 is 23.1 Å². The van der Waals surface area contributed by atoms with Crippen LogP contribution < -0.4 is 16.8 Å². The van der Waals surface area contributed by atoms with Gasteiger partial charge in [-0.1, -0.05) is 42.5 Å². The normalized spacial score (nSPS) is 21.4. The number of piperidine rings is 1. The number of aliphatic imine (C=N–C) groups is 1. The zero-order valence-corrected chi connectivity index (χ0v) is 23.1.